The molecule has 0 N–H and O–H groups in total. The van der Waals surface area contributed by atoms with Crippen LogP contribution in [0.25, 0.3) is 38.8 Å². The molecule has 6 aromatic carbocycles. The van der Waals surface area contributed by atoms with Gasteiger partial charge < -0.3 is 14.5 Å². The first-order chi connectivity index (χ1) is 30.7. The summed E-state index contributed by atoms with van der Waals surface area (Å²) in [5.74, 6) is 3.28. The van der Waals surface area contributed by atoms with Crippen LogP contribution in [0.5, 0.6) is 11.5 Å². The van der Waals surface area contributed by atoms with Crippen molar-refractivity contribution in [2.45, 2.75) is 97.3 Å². The third-order valence-electron chi connectivity index (χ3n) is 13.4. The zero-order valence-corrected chi connectivity index (χ0v) is 37.2. The average Bonchev–Trinajstić information content (AvgIpc) is 3.82. The van der Waals surface area contributed by atoms with E-state index in [-0.39, 0.29) is 17.7 Å². The maximum atomic E-state index is 14.6. The number of fused-ring (bicyclic) bond motifs is 4. The monoisotopic (exact) mass is 832 g/mol. The Kier molecular flexibility index (Phi) is 11.0. The Labute approximate surface area is 371 Å². The number of aryl methyl sites for hydroxylation is 1. The minimum atomic E-state index is -0.217. The lowest BCUT2D eigenvalue weighted by Gasteiger charge is -2.30. The molecule has 0 spiro atoms. The molecule has 2 aliphatic rings. The lowest BCUT2D eigenvalue weighted by atomic mass is 9.85. The Morgan fingerprint density at radius 3 is 2.03 bits per heavy atom. The quantitative estimate of drug-likeness (QED) is 0.145. The lowest BCUT2D eigenvalue weighted by Crippen LogP contribution is -2.26. The van der Waals surface area contributed by atoms with Gasteiger partial charge in [0.05, 0.1) is 22.4 Å². The summed E-state index contributed by atoms with van der Waals surface area (Å²) in [7, 11) is 0. The van der Waals surface area contributed by atoms with E-state index in [1.807, 2.05) is 18.3 Å². The molecular formula is C57H57FN4O. The number of anilines is 4. The van der Waals surface area contributed by atoms with Gasteiger partial charge in [0.1, 0.15) is 29.8 Å². The molecule has 0 atom stereocenters. The van der Waals surface area contributed by atoms with Gasteiger partial charge in [0.15, 0.2) is 0 Å². The molecule has 1 aliphatic carbocycles. The van der Waals surface area contributed by atoms with Crippen LogP contribution in [0.15, 0.2) is 140 Å². The van der Waals surface area contributed by atoms with E-state index in [2.05, 4.69) is 152 Å². The molecule has 5 nitrogen and oxygen atoms in total. The second-order valence-corrected chi connectivity index (χ2v) is 18.4. The van der Waals surface area contributed by atoms with Crippen LogP contribution in [0.1, 0.15) is 113 Å². The number of para-hydroxylation sites is 3. The zero-order valence-electron chi connectivity index (χ0n) is 37.2. The molecule has 3 heterocycles. The van der Waals surface area contributed by atoms with Crippen LogP contribution in [0.4, 0.5) is 27.1 Å². The van der Waals surface area contributed by atoms with Crippen molar-refractivity contribution in [2.24, 2.45) is 0 Å². The van der Waals surface area contributed by atoms with E-state index >= 15 is 0 Å². The van der Waals surface area contributed by atoms with Gasteiger partial charge in [-0.3, -0.25) is 4.57 Å². The minimum absolute atomic E-state index is 0.217. The maximum Gasteiger partial charge on any atom is 0.137 e. The Balaban J connectivity index is 1.09. The topological polar surface area (TPSA) is 33.5 Å². The van der Waals surface area contributed by atoms with Crippen molar-refractivity contribution in [3.8, 4) is 28.4 Å². The minimum Gasteiger partial charge on any atom is -0.457 e. The normalized spacial score (nSPS) is 14.8. The van der Waals surface area contributed by atoms with Crippen LogP contribution >= 0.6 is 0 Å². The average molecular weight is 833 g/mol. The highest BCUT2D eigenvalue weighted by Crippen LogP contribution is 2.50. The first-order valence-corrected chi connectivity index (χ1v) is 23.1. The molecule has 2 aromatic heterocycles. The third kappa shape index (κ3) is 7.86. The summed E-state index contributed by atoms with van der Waals surface area (Å²) in [6.45, 7) is 11.9. The molecular weight excluding hydrogens is 776 g/mol. The molecule has 0 saturated heterocycles. The van der Waals surface area contributed by atoms with Crippen molar-refractivity contribution in [1.82, 2.24) is 9.55 Å². The predicted octanol–water partition coefficient (Wildman–Crippen LogP) is 16.4. The third-order valence-corrected chi connectivity index (χ3v) is 13.4. The number of pyridine rings is 1. The standard InChI is InChI=1S/C57H57FN4O/c1-37(2)50-32-43(41-18-15-19-44(58)29-41)33-51(38(3)4)57(50)61-36-60(53-22-13-14-23-54(53)61)45-30-42(40-16-9-7-6-8-10-17-40)31-47(34-45)63-46-24-25-49-48-20-11-12-21-52(48)62(55(49)35-46)56-28-39(5)26-27-59-56/h11-15,18-35,37-38,40H,6-10,16-17,36H2,1-5H3. The van der Waals surface area contributed by atoms with E-state index in [4.69, 9.17) is 9.72 Å². The van der Waals surface area contributed by atoms with E-state index in [1.165, 1.54) is 101 Å². The fraction of sp³-hybridized carbons (Fsp3) is 0.281. The van der Waals surface area contributed by atoms with E-state index in [9.17, 15) is 4.39 Å². The number of benzene rings is 6. The van der Waals surface area contributed by atoms with Gasteiger partial charge in [-0.15, -0.1) is 0 Å². The second-order valence-electron chi connectivity index (χ2n) is 18.4. The molecule has 1 saturated carbocycles. The van der Waals surface area contributed by atoms with Gasteiger partial charge in [-0.25, -0.2) is 9.37 Å². The van der Waals surface area contributed by atoms with Gasteiger partial charge in [0.25, 0.3) is 0 Å². The molecule has 0 unspecified atom stereocenters. The fourth-order valence-corrected chi connectivity index (χ4v) is 10.2. The molecule has 1 aliphatic heterocycles. The van der Waals surface area contributed by atoms with Gasteiger partial charge >= 0.3 is 0 Å². The Hall–Kier alpha value is -6.40. The van der Waals surface area contributed by atoms with E-state index in [1.54, 1.807) is 12.1 Å². The molecule has 1 fully saturated rings. The number of hydrogen-bond donors (Lipinski definition) is 0. The van der Waals surface area contributed by atoms with Crippen LogP contribution in [0.2, 0.25) is 0 Å². The highest BCUT2D eigenvalue weighted by atomic mass is 19.1. The van der Waals surface area contributed by atoms with Crippen LogP contribution in [-0.4, -0.2) is 16.2 Å². The predicted molar refractivity (Wildman–Crippen MR) is 260 cm³/mol. The number of hydrogen-bond acceptors (Lipinski definition) is 4. The van der Waals surface area contributed by atoms with Gasteiger partial charge in [-0.2, -0.15) is 0 Å². The number of aromatic nitrogens is 2. The summed E-state index contributed by atoms with van der Waals surface area (Å²) in [4.78, 5) is 9.82. The van der Waals surface area contributed by atoms with Gasteiger partial charge in [-0.1, -0.05) is 102 Å². The number of ether oxygens (including phenoxy) is 1. The van der Waals surface area contributed by atoms with Crippen LogP contribution < -0.4 is 14.5 Å². The van der Waals surface area contributed by atoms with Crippen molar-refractivity contribution in [1.29, 1.82) is 0 Å². The number of rotatable bonds is 9. The highest BCUT2D eigenvalue weighted by molar-refractivity contribution is 6.09. The molecule has 63 heavy (non-hydrogen) atoms. The lowest BCUT2D eigenvalue weighted by molar-refractivity contribution is 0.451. The molecule has 318 valence electrons. The van der Waals surface area contributed by atoms with Crippen molar-refractivity contribution >= 4 is 44.6 Å². The zero-order chi connectivity index (χ0) is 43.2. The summed E-state index contributed by atoms with van der Waals surface area (Å²) in [6, 6.07) is 46.7. The van der Waals surface area contributed by atoms with Crippen molar-refractivity contribution in [3.63, 3.8) is 0 Å². The second kappa shape index (κ2) is 17.0. The molecule has 0 amide bonds. The summed E-state index contributed by atoms with van der Waals surface area (Å²) >= 11 is 0. The van der Waals surface area contributed by atoms with Crippen molar-refractivity contribution in [3.05, 3.63) is 168 Å². The Morgan fingerprint density at radius 1 is 0.603 bits per heavy atom. The van der Waals surface area contributed by atoms with Crippen molar-refractivity contribution in [2.75, 3.05) is 16.5 Å². The van der Waals surface area contributed by atoms with Crippen LogP contribution in [-0.2, 0) is 0 Å². The van der Waals surface area contributed by atoms with E-state index in [0.717, 1.165) is 45.2 Å². The first kappa shape index (κ1) is 40.7. The first-order valence-electron chi connectivity index (χ1n) is 23.1. The van der Waals surface area contributed by atoms with Gasteiger partial charge in [-0.05, 0) is 150 Å². The number of halogens is 1. The van der Waals surface area contributed by atoms with Gasteiger partial charge in [0, 0.05) is 40.5 Å². The van der Waals surface area contributed by atoms with Crippen LogP contribution in [0, 0.1) is 12.7 Å². The Morgan fingerprint density at radius 2 is 1.30 bits per heavy atom. The van der Waals surface area contributed by atoms with E-state index in [0.29, 0.717) is 12.6 Å². The smallest absolute Gasteiger partial charge is 0.137 e. The number of nitrogens with zero attached hydrogens (tertiary/aromatic N) is 4. The van der Waals surface area contributed by atoms with Crippen molar-refractivity contribution < 1.29 is 9.13 Å². The highest BCUT2D eigenvalue weighted by Gasteiger charge is 2.33. The van der Waals surface area contributed by atoms with Crippen LogP contribution in [0.3, 0.4) is 0 Å². The molecule has 6 heteroatoms. The summed E-state index contributed by atoms with van der Waals surface area (Å²) in [5, 5.41) is 2.36. The van der Waals surface area contributed by atoms with Gasteiger partial charge in [0.2, 0.25) is 0 Å². The van der Waals surface area contributed by atoms with E-state index < -0.39 is 0 Å². The maximum absolute atomic E-state index is 14.6. The summed E-state index contributed by atoms with van der Waals surface area (Å²) in [5.41, 5.74) is 13.9. The fourth-order valence-electron chi connectivity index (χ4n) is 10.2. The summed E-state index contributed by atoms with van der Waals surface area (Å²) in [6.07, 6.45) is 10.7. The molecule has 0 radical (unpaired) electrons. The Bertz CT molecular complexity index is 2930. The molecule has 10 rings (SSSR count). The SMILES string of the molecule is Cc1ccnc(-n2c3ccccc3c3ccc(Oc4cc(C5CCCCCCC5)cc(N5CN(c6c(C(C)C)cc(-c7cccc(F)c7)cc6C(C)C)c6ccccc65)c4)cc32)c1. The molecule has 0 bridgehead atoms. The molecule has 8 aromatic rings. The largest absolute Gasteiger partial charge is 0.457 e. The summed E-state index contributed by atoms with van der Waals surface area (Å²) < 4.78 is 23.9.